The van der Waals surface area contributed by atoms with Gasteiger partial charge in [0.1, 0.15) is 11.5 Å². The molecular formula is C28H26O5. The summed E-state index contributed by atoms with van der Waals surface area (Å²) in [4.78, 5) is 25.5. The second-order valence-corrected chi connectivity index (χ2v) is 8.13. The number of carbonyl (C=O) groups excluding carboxylic acids is 2. The topological polar surface area (TPSA) is 61.8 Å². The predicted octanol–water partition coefficient (Wildman–Crippen LogP) is 5.99. The Morgan fingerprint density at radius 2 is 0.939 bits per heavy atom. The molecule has 0 spiro atoms. The number of carbonyl (C=O) groups is 2. The van der Waals surface area contributed by atoms with E-state index in [1.165, 1.54) is 0 Å². The van der Waals surface area contributed by atoms with E-state index in [1.807, 2.05) is 72.8 Å². The summed E-state index contributed by atoms with van der Waals surface area (Å²) in [5.41, 5.74) is 1.58. The van der Waals surface area contributed by atoms with E-state index in [9.17, 15) is 9.59 Å². The third kappa shape index (κ3) is 4.67. The molecule has 0 aliphatic heterocycles. The van der Waals surface area contributed by atoms with Crippen LogP contribution in [0.1, 0.15) is 36.8 Å². The number of methoxy groups -OCH3 is 2. The Balaban J connectivity index is 1.47. The number of fused-ring (bicyclic) bond motifs is 2. The summed E-state index contributed by atoms with van der Waals surface area (Å²) >= 11 is 0. The largest absolute Gasteiger partial charge is 0.497 e. The Kier molecular flexibility index (Phi) is 6.31. The van der Waals surface area contributed by atoms with Gasteiger partial charge in [-0.1, -0.05) is 48.5 Å². The van der Waals surface area contributed by atoms with Crippen LogP contribution < -0.4 is 9.47 Å². The molecule has 0 amide bonds. The van der Waals surface area contributed by atoms with Crippen LogP contribution >= 0.6 is 0 Å². The van der Waals surface area contributed by atoms with Crippen LogP contribution in [0.25, 0.3) is 21.5 Å². The number of hydrogen-bond donors (Lipinski definition) is 0. The van der Waals surface area contributed by atoms with Gasteiger partial charge in [-0.15, -0.1) is 0 Å². The minimum Gasteiger partial charge on any atom is -0.497 e. The monoisotopic (exact) mass is 442 g/mol. The molecule has 0 heterocycles. The Morgan fingerprint density at radius 3 is 1.33 bits per heavy atom. The van der Waals surface area contributed by atoms with Crippen molar-refractivity contribution in [3.05, 3.63) is 83.9 Å². The molecule has 0 unspecified atom stereocenters. The van der Waals surface area contributed by atoms with Crippen LogP contribution in [0, 0.1) is 0 Å². The standard InChI is InChI=1S/C28H26O5/c1-17(19-5-7-23-15-25(31-3)11-9-21(23)13-19)27(29)33-28(30)18(2)20-6-8-24-16-26(32-4)12-10-22(24)14-20/h5-18H,1-4H3/t17-,18-/m0/s1. The molecule has 4 rings (SSSR count). The highest BCUT2D eigenvalue weighted by Crippen LogP contribution is 2.28. The molecule has 0 N–H and O–H groups in total. The molecule has 33 heavy (non-hydrogen) atoms. The first-order chi connectivity index (χ1) is 15.9. The van der Waals surface area contributed by atoms with Crippen LogP contribution in [0.2, 0.25) is 0 Å². The van der Waals surface area contributed by atoms with Gasteiger partial charge in [-0.3, -0.25) is 9.59 Å². The van der Waals surface area contributed by atoms with Gasteiger partial charge in [0, 0.05) is 0 Å². The van der Waals surface area contributed by atoms with Gasteiger partial charge in [0.05, 0.1) is 26.1 Å². The average molecular weight is 443 g/mol. The Hall–Kier alpha value is -3.86. The number of hydrogen-bond acceptors (Lipinski definition) is 5. The second-order valence-electron chi connectivity index (χ2n) is 8.13. The SMILES string of the molecule is COc1ccc2cc([C@H](C)C(=O)OC(=O)[C@@H](C)c3ccc4cc(OC)ccc4c3)ccc2c1. The lowest BCUT2D eigenvalue weighted by atomic mass is 9.96. The van der Waals surface area contributed by atoms with E-state index in [0.29, 0.717) is 0 Å². The van der Waals surface area contributed by atoms with Crippen LogP contribution in [0.5, 0.6) is 11.5 Å². The quantitative estimate of drug-likeness (QED) is 0.271. The third-order valence-corrected chi connectivity index (χ3v) is 6.05. The highest BCUT2D eigenvalue weighted by Gasteiger charge is 2.25. The van der Waals surface area contributed by atoms with Gasteiger partial charge in [-0.05, 0) is 70.8 Å². The highest BCUT2D eigenvalue weighted by atomic mass is 16.6. The maximum absolute atomic E-state index is 12.7. The van der Waals surface area contributed by atoms with Crippen LogP contribution in [-0.2, 0) is 14.3 Å². The molecule has 4 aromatic rings. The molecule has 0 aliphatic carbocycles. The van der Waals surface area contributed by atoms with Gasteiger partial charge in [-0.2, -0.15) is 0 Å². The Bertz CT molecular complexity index is 1240. The Morgan fingerprint density at radius 1 is 0.576 bits per heavy atom. The lowest BCUT2D eigenvalue weighted by Gasteiger charge is -2.15. The van der Waals surface area contributed by atoms with Crippen molar-refractivity contribution in [2.45, 2.75) is 25.7 Å². The van der Waals surface area contributed by atoms with Gasteiger partial charge in [0.25, 0.3) is 0 Å². The van der Waals surface area contributed by atoms with Crippen LogP contribution in [0.15, 0.2) is 72.8 Å². The summed E-state index contributed by atoms with van der Waals surface area (Å²) in [5.74, 6) is -0.728. The minimum atomic E-state index is -0.572. The summed E-state index contributed by atoms with van der Waals surface area (Å²) in [7, 11) is 3.25. The van der Waals surface area contributed by atoms with Crippen molar-refractivity contribution >= 4 is 33.5 Å². The molecule has 2 atom stereocenters. The average Bonchev–Trinajstić information content (AvgIpc) is 2.86. The van der Waals surface area contributed by atoms with Crippen molar-refractivity contribution < 1.29 is 23.8 Å². The van der Waals surface area contributed by atoms with Crippen LogP contribution in [0.3, 0.4) is 0 Å². The van der Waals surface area contributed by atoms with Gasteiger partial charge in [0.2, 0.25) is 0 Å². The zero-order chi connectivity index (χ0) is 23.5. The molecule has 0 bridgehead atoms. The van der Waals surface area contributed by atoms with Crippen molar-refractivity contribution in [2.75, 3.05) is 14.2 Å². The van der Waals surface area contributed by atoms with Gasteiger partial charge in [0.15, 0.2) is 0 Å². The van der Waals surface area contributed by atoms with Crippen LogP contribution in [-0.4, -0.2) is 26.2 Å². The van der Waals surface area contributed by atoms with E-state index in [0.717, 1.165) is 44.2 Å². The highest BCUT2D eigenvalue weighted by molar-refractivity contribution is 5.94. The molecular weight excluding hydrogens is 416 g/mol. The number of esters is 2. The number of benzene rings is 4. The summed E-state index contributed by atoms with van der Waals surface area (Å²) < 4.78 is 15.8. The van der Waals surface area contributed by atoms with Crippen molar-refractivity contribution in [3.63, 3.8) is 0 Å². The zero-order valence-corrected chi connectivity index (χ0v) is 19.1. The first kappa shape index (κ1) is 22.3. The third-order valence-electron chi connectivity index (χ3n) is 6.05. The summed E-state index contributed by atoms with van der Waals surface area (Å²) in [5, 5.41) is 4.00. The first-order valence-electron chi connectivity index (χ1n) is 10.8. The summed E-state index contributed by atoms with van der Waals surface area (Å²) in [6.07, 6.45) is 0. The molecule has 0 fully saturated rings. The number of rotatable bonds is 6. The fourth-order valence-corrected chi connectivity index (χ4v) is 3.83. The van der Waals surface area contributed by atoms with Crippen LogP contribution in [0.4, 0.5) is 0 Å². The molecule has 0 aliphatic rings. The smallest absolute Gasteiger partial charge is 0.320 e. The van der Waals surface area contributed by atoms with Crippen molar-refractivity contribution in [2.24, 2.45) is 0 Å². The van der Waals surface area contributed by atoms with E-state index in [1.54, 1.807) is 28.1 Å². The summed E-state index contributed by atoms with van der Waals surface area (Å²) in [6.45, 7) is 3.49. The lowest BCUT2D eigenvalue weighted by molar-refractivity contribution is -0.161. The van der Waals surface area contributed by atoms with Gasteiger partial charge >= 0.3 is 11.9 Å². The van der Waals surface area contributed by atoms with Crippen molar-refractivity contribution in [1.82, 2.24) is 0 Å². The fourth-order valence-electron chi connectivity index (χ4n) is 3.83. The Labute approximate surface area is 192 Å². The fraction of sp³-hybridized carbons (Fsp3) is 0.214. The molecule has 5 heteroatoms. The zero-order valence-electron chi connectivity index (χ0n) is 19.1. The summed E-state index contributed by atoms with van der Waals surface area (Å²) in [6, 6.07) is 23.0. The molecule has 168 valence electrons. The van der Waals surface area contributed by atoms with E-state index in [4.69, 9.17) is 14.2 Å². The number of ether oxygens (including phenoxy) is 3. The second kappa shape index (κ2) is 9.33. The molecule has 0 saturated heterocycles. The molecule has 0 saturated carbocycles. The van der Waals surface area contributed by atoms with E-state index in [-0.39, 0.29) is 0 Å². The first-order valence-corrected chi connectivity index (χ1v) is 10.8. The van der Waals surface area contributed by atoms with Crippen molar-refractivity contribution in [1.29, 1.82) is 0 Å². The maximum atomic E-state index is 12.7. The molecule has 5 nitrogen and oxygen atoms in total. The van der Waals surface area contributed by atoms with E-state index in [2.05, 4.69) is 0 Å². The molecule has 4 aromatic carbocycles. The van der Waals surface area contributed by atoms with E-state index < -0.39 is 23.8 Å². The van der Waals surface area contributed by atoms with Gasteiger partial charge < -0.3 is 14.2 Å². The maximum Gasteiger partial charge on any atom is 0.320 e. The normalized spacial score (nSPS) is 12.8. The van der Waals surface area contributed by atoms with Gasteiger partial charge in [-0.25, -0.2) is 0 Å². The minimum absolute atomic E-state index is 0.565. The van der Waals surface area contributed by atoms with Crippen molar-refractivity contribution in [3.8, 4) is 11.5 Å². The van der Waals surface area contributed by atoms with E-state index >= 15 is 0 Å². The lowest BCUT2D eigenvalue weighted by Crippen LogP contribution is -2.21. The predicted molar refractivity (Wildman–Crippen MR) is 129 cm³/mol. The molecule has 0 aromatic heterocycles. The molecule has 0 radical (unpaired) electrons.